The van der Waals surface area contributed by atoms with Gasteiger partial charge in [0.05, 0.1) is 12.0 Å². The maximum Gasteiger partial charge on any atom is 0.210 e. The molecule has 0 heterocycles. The average molecular weight is 331 g/mol. The van der Waals surface area contributed by atoms with Gasteiger partial charge in [0.15, 0.2) is 0 Å². The quantitative estimate of drug-likeness (QED) is 0.935. The Kier molecular flexibility index (Phi) is 4.41. The maximum atomic E-state index is 12.9. The van der Waals surface area contributed by atoms with Gasteiger partial charge in [-0.25, -0.2) is 8.42 Å². The third-order valence-electron chi connectivity index (χ3n) is 4.49. The third kappa shape index (κ3) is 2.86. The molecule has 0 aliphatic heterocycles. The molecular formula is C18H21NO3S. The van der Waals surface area contributed by atoms with Crippen molar-refractivity contribution in [3.05, 3.63) is 53.6 Å². The van der Waals surface area contributed by atoms with E-state index in [1.807, 2.05) is 6.07 Å². The summed E-state index contributed by atoms with van der Waals surface area (Å²) in [5.74, 6) is 0.675. The summed E-state index contributed by atoms with van der Waals surface area (Å²) >= 11 is 0. The van der Waals surface area contributed by atoms with Crippen LogP contribution in [0.15, 0.2) is 52.3 Å². The zero-order valence-electron chi connectivity index (χ0n) is 13.2. The molecule has 1 unspecified atom stereocenters. The van der Waals surface area contributed by atoms with Crippen molar-refractivity contribution in [1.82, 2.24) is 0 Å². The molecule has 0 radical (unpaired) electrons. The van der Waals surface area contributed by atoms with Crippen molar-refractivity contribution >= 4 is 9.84 Å². The highest BCUT2D eigenvalue weighted by molar-refractivity contribution is 7.91. The maximum absolute atomic E-state index is 12.9. The van der Waals surface area contributed by atoms with E-state index in [2.05, 4.69) is 0 Å². The van der Waals surface area contributed by atoms with Crippen LogP contribution in [0.5, 0.6) is 5.75 Å². The topological polar surface area (TPSA) is 69.4 Å². The van der Waals surface area contributed by atoms with Crippen LogP contribution < -0.4 is 10.5 Å². The molecule has 0 spiro atoms. The van der Waals surface area contributed by atoms with E-state index in [0.717, 1.165) is 30.4 Å². The summed E-state index contributed by atoms with van der Waals surface area (Å²) < 4.78 is 31.3. The molecule has 0 amide bonds. The van der Waals surface area contributed by atoms with Crippen molar-refractivity contribution in [3.8, 4) is 5.75 Å². The molecule has 2 aromatic carbocycles. The number of rotatable bonds is 4. The Morgan fingerprint density at radius 3 is 2.61 bits per heavy atom. The molecule has 0 saturated carbocycles. The largest absolute Gasteiger partial charge is 0.495 e. The van der Waals surface area contributed by atoms with Crippen LogP contribution in [0, 0.1) is 0 Å². The summed E-state index contributed by atoms with van der Waals surface area (Å²) in [6.45, 7) is 0.570. The van der Waals surface area contributed by atoms with Gasteiger partial charge in [-0.2, -0.15) is 0 Å². The summed E-state index contributed by atoms with van der Waals surface area (Å²) in [7, 11) is -2.09. The number of nitrogens with two attached hydrogens (primary N) is 1. The predicted molar refractivity (Wildman–Crippen MR) is 89.6 cm³/mol. The Bertz CT molecular complexity index is 801. The minimum absolute atomic E-state index is 0.239. The lowest BCUT2D eigenvalue weighted by Gasteiger charge is -2.26. The van der Waals surface area contributed by atoms with Crippen LogP contribution in [-0.4, -0.2) is 22.1 Å². The number of benzene rings is 2. The van der Waals surface area contributed by atoms with Crippen LogP contribution in [-0.2, 0) is 16.3 Å². The molecule has 1 aliphatic carbocycles. The van der Waals surface area contributed by atoms with Crippen molar-refractivity contribution in [3.63, 3.8) is 0 Å². The fraction of sp³-hybridized carbons (Fsp3) is 0.333. The molecule has 23 heavy (non-hydrogen) atoms. The van der Waals surface area contributed by atoms with E-state index < -0.39 is 9.84 Å². The molecule has 2 N–H and O–H groups in total. The monoisotopic (exact) mass is 331 g/mol. The number of fused-ring (bicyclic) bond motifs is 1. The van der Waals surface area contributed by atoms with Crippen molar-refractivity contribution < 1.29 is 13.2 Å². The molecule has 0 fully saturated rings. The van der Waals surface area contributed by atoms with E-state index in [0.29, 0.717) is 12.3 Å². The minimum atomic E-state index is -3.60. The molecule has 122 valence electrons. The number of ether oxygens (including phenoxy) is 1. The summed E-state index contributed by atoms with van der Waals surface area (Å²) in [5.41, 5.74) is 8.06. The molecular weight excluding hydrogens is 310 g/mol. The second-order valence-electron chi connectivity index (χ2n) is 5.84. The van der Waals surface area contributed by atoms with Gasteiger partial charge in [0.25, 0.3) is 0 Å². The van der Waals surface area contributed by atoms with Gasteiger partial charge in [0.2, 0.25) is 9.84 Å². The van der Waals surface area contributed by atoms with Crippen molar-refractivity contribution in [2.45, 2.75) is 35.0 Å². The molecule has 1 aliphatic rings. The SMILES string of the molecule is COc1cc2c(cc1S(=O)(=O)c1ccccc1)CCCC2CN. The minimum Gasteiger partial charge on any atom is -0.495 e. The fourth-order valence-corrected chi connectivity index (χ4v) is 4.72. The number of hydrogen-bond acceptors (Lipinski definition) is 4. The van der Waals surface area contributed by atoms with Crippen LogP contribution in [0.1, 0.15) is 29.9 Å². The first-order valence-corrected chi connectivity index (χ1v) is 9.27. The van der Waals surface area contributed by atoms with E-state index >= 15 is 0 Å². The average Bonchev–Trinajstić information content (AvgIpc) is 2.60. The molecule has 5 heteroatoms. The van der Waals surface area contributed by atoms with Gasteiger partial charge in [0.1, 0.15) is 10.6 Å². The molecule has 4 nitrogen and oxygen atoms in total. The van der Waals surface area contributed by atoms with E-state index in [9.17, 15) is 8.42 Å². The Hall–Kier alpha value is -1.85. The first kappa shape index (κ1) is 16.0. The number of sulfone groups is 1. The Labute approximate surface area is 137 Å². The zero-order chi connectivity index (χ0) is 16.4. The first-order chi connectivity index (χ1) is 11.1. The Morgan fingerprint density at radius 2 is 1.96 bits per heavy atom. The van der Waals surface area contributed by atoms with Gasteiger partial charge < -0.3 is 10.5 Å². The summed E-state index contributed by atoms with van der Waals surface area (Å²) in [6.07, 6.45) is 2.95. The van der Waals surface area contributed by atoms with Crippen LogP contribution in [0.2, 0.25) is 0 Å². The Morgan fingerprint density at radius 1 is 1.22 bits per heavy atom. The molecule has 0 bridgehead atoms. The lowest BCUT2D eigenvalue weighted by atomic mass is 9.83. The number of methoxy groups -OCH3 is 1. The standard InChI is InChI=1S/C18H21NO3S/c1-22-17-11-16-13(6-5-7-14(16)12-19)10-18(17)23(20,21)15-8-3-2-4-9-15/h2-4,8-11,14H,5-7,12,19H2,1H3. The molecule has 1 atom stereocenters. The fourth-order valence-electron chi connectivity index (χ4n) is 3.25. The van der Waals surface area contributed by atoms with Gasteiger partial charge >= 0.3 is 0 Å². The third-order valence-corrected chi connectivity index (χ3v) is 6.28. The van der Waals surface area contributed by atoms with Gasteiger partial charge in [-0.1, -0.05) is 18.2 Å². The van der Waals surface area contributed by atoms with E-state index in [-0.39, 0.29) is 15.7 Å². The second kappa shape index (κ2) is 6.34. The number of hydrogen-bond donors (Lipinski definition) is 1. The number of aryl methyl sites for hydroxylation is 1. The van der Waals surface area contributed by atoms with E-state index in [1.54, 1.807) is 36.4 Å². The van der Waals surface area contributed by atoms with E-state index in [1.165, 1.54) is 7.11 Å². The highest BCUT2D eigenvalue weighted by atomic mass is 32.2. The first-order valence-electron chi connectivity index (χ1n) is 7.79. The molecule has 0 saturated heterocycles. The van der Waals surface area contributed by atoms with Crippen molar-refractivity contribution in [2.24, 2.45) is 5.73 Å². The Balaban J connectivity index is 2.17. The molecule has 0 aromatic heterocycles. The summed E-state index contributed by atoms with van der Waals surface area (Å²) in [4.78, 5) is 0.520. The van der Waals surface area contributed by atoms with E-state index in [4.69, 9.17) is 10.5 Å². The van der Waals surface area contributed by atoms with Gasteiger partial charge in [-0.15, -0.1) is 0 Å². The van der Waals surface area contributed by atoms with Gasteiger partial charge in [-0.3, -0.25) is 0 Å². The van der Waals surface area contributed by atoms with Crippen LogP contribution in [0.4, 0.5) is 0 Å². The molecule has 2 aromatic rings. The van der Waals surface area contributed by atoms with Gasteiger partial charge in [0, 0.05) is 0 Å². The predicted octanol–water partition coefficient (Wildman–Crippen LogP) is 2.91. The molecule has 3 rings (SSSR count). The summed E-state index contributed by atoms with van der Waals surface area (Å²) in [5, 5.41) is 0. The second-order valence-corrected chi connectivity index (χ2v) is 7.76. The lowest BCUT2D eigenvalue weighted by Crippen LogP contribution is -2.19. The summed E-state index contributed by atoms with van der Waals surface area (Å²) in [6, 6.07) is 12.1. The zero-order valence-corrected chi connectivity index (χ0v) is 14.0. The van der Waals surface area contributed by atoms with Crippen LogP contribution in [0.3, 0.4) is 0 Å². The smallest absolute Gasteiger partial charge is 0.210 e. The highest BCUT2D eigenvalue weighted by Crippen LogP contribution is 2.38. The van der Waals surface area contributed by atoms with Crippen molar-refractivity contribution in [1.29, 1.82) is 0 Å². The lowest BCUT2D eigenvalue weighted by molar-refractivity contribution is 0.400. The van der Waals surface area contributed by atoms with Gasteiger partial charge in [-0.05, 0) is 67.1 Å². The van der Waals surface area contributed by atoms with Crippen LogP contribution >= 0.6 is 0 Å². The highest BCUT2D eigenvalue weighted by Gasteiger charge is 2.27. The van der Waals surface area contributed by atoms with Crippen molar-refractivity contribution in [2.75, 3.05) is 13.7 Å². The normalized spacial score (nSPS) is 17.6. The van der Waals surface area contributed by atoms with Crippen LogP contribution in [0.25, 0.3) is 0 Å².